The Kier molecular flexibility index (Phi) is 3.19. The van der Waals surface area contributed by atoms with Gasteiger partial charge in [0.05, 0.1) is 18.6 Å². The average molecular weight is 228 g/mol. The van der Waals surface area contributed by atoms with Crippen molar-refractivity contribution in [1.29, 1.82) is 0 Å². The summed E-state index contributed by atoms with van der Waals surface area (Å²) in [7, 11) is 0. The number of hydrogen-bond donors (Lipinski definition) is 3. The van der Waals surface area contributed by atoms with Gasteiger partial charge in [-0.15, -0.1) is 0 Å². The van der Waals surface area contributed by atoms with Crippen LogP contribution < -0.4 is 5.32 Å². The van der Waals surface area contributed by atoms with Crippen molar-refractivity contribution in [2.75, 3.05) is 26.2 Å². The van der Waals surface area contributed by atoms with E-state index in [1.807, 2.05) is 0 Å². The summed E-state index contributed by atoms with van der Waals surface area (Å²) in [5.41, 5.74) is -0.260. The molecule has 0 aromatic carbocycles. The summed E-state index contributed by atoms with van der Waals surface area (Å²) in [4.78, 5) is 13.1. The van der Waals surface area contributed by atoms with Crippen molar-refractivity contribution < 1.29 is 15.0 Å². The maximum absolute atomic E-state index is 10.9. The van der Waals surface area contributed by atoms with Gasteiger partial charge >= 0.3 is 5.97 Å². The van der Waals surface area contributed by atoms with Gasteiger partial charge in [0.2, 0.25) is 0 Å². The van der Waals surface area contributed by atoms with E-state index in [0.29, 0.717) is 5.92 Å². The van der Waals surface area contributed by atoms with Crippen molar-refractivity contribution >= 4 is 5.97 Å². The van der Waals surface area contributed by atoms with E-state index in [4.69, 9.17) is 5.11 Å². The number of aliphatic hydroxyl groups is 1. The number of nitrogens with one attached hydrogen (secondary N) is 1. The number of likely N-dealkylation sites (tertiary alicyclic amines) is 1. The normalized spacial score (nSPS) is 33.6. The number of hydrogen-bond acceptors (Lipinski definition) is 4. The van der Waals surface area contributed by atoms with E-state index >= 15 is 0 Å². The van der Waals surface area contributed by atoms with E-state index in [1.54, 1.807) is 0 Å². The number of carboxylic acids is 1. The van der Waals surface area contributed by atoms with Gasteiger partial charge in [-0.2, -0.15) is 0 Å². The van der Waals surface area contributed by atoms with Crippen LogP contribution in [0.4, 0.5) is 0 Å². The van der Waals surface area contributed by atoms with Crippen molar-refractivity contribution in [3.8, 4) is 0 Å². The first-order valence-corrected chi connectivity index (χ1v) is 5.89. The molecule has 2 rings (SSSR count). The first-order valence-electron chi connectivity index (χ1n) is 5.89. The van der Waals surface area contributed by atoms with Gasteiger partial charge in [-0.25, -0.2) is 0 Å². The third-order valence-corrected chi connectivity index (χ3v) is 4.07. The van der Waals surface area contributed by atoms with Crippen molar-refractivity contribution in [3.63, 3.8) is 0 Å². The molecule has 2 aliphatic rings. The molecule has 0 aliphatic carbocycles. The molecule has 5 heteroatoms. The predicted octanol–water partition coefficient (Wildman–Crippen LogP) is -0.494. The van der Waals surface area contributed by atoms with Crippen molar-refractivity contribution in [1.82, 2.24) is 10.2 Å². The number of nitrogens with zero attached hydrogens (tertiary/aromatic N) is 1. The lowest BCUT2D eigenvalue weighted by Crippen LogP contribution is -2.71. The zero-order chi connectivity index (χ0) is 11.8. The molecule has 2 saturated heterocycles. The number of aliphatic carboxylic acids is 1. The zero-order valence-corrected chi connectivity index (χ0v) is 9.65. The number of carbonyl (C=O) groups is 1. The topological polar surface area (TPSA) is 72.8 Å². The first-order chi connectivity index (χ1) is 7.59. The Labute approximate surface area is 95.4 Å². The molecule has 16 heavy (non-hydrogen) atoms. The second-order valence-electron chi connectivity index (χ2n) is 5.11. The highest BCUT2D eigenvalue weighted by Crippen LogP contribution is 2.35. The summed E-state index contributed by atoms with van der Waals surface area (Å²) in [5, 5.41) is 21.6. The lowest BCUT2D eigenvalue weighted by Gasteiger charge is -2.51. The second kappa shape index (κ2) is 4.31. The molecule has 2 fully saturated rings. The van der Waals surface area contributed by atoms with Crippen LogP contribution in [0.1, 0.15) is 19.8 Å². The van der Waals surface area contributed by atoms with Gasteiger partial charge in [0.1, 0.15) is 0 Å². The molecule has 3 N–H and O–H groups in total. The van der Waals surface area contributed by atoms with E-state index < -0.39 is 5.97 Å². The van der Waals surface area contributed by atoms with Crippen LogP contribution in [-0.4, -0.2) is 58.9 Å². The Balaban J connectivity index is 2.12. The van der Waals surface area contributed by atoms with E-state index in [2.05, 4.69) is 17.1 Å². The summed E-state index contributed by atoms with van der Waals surface area (Å²) >= 11 is 0. The monoisotopic (exact) mass is 228 g/mol. The molecule has 0 bridgehead atoms. The zero-order valence-electron chi connectivity index (χ0n) is 9.65. The molecule has 2 atom stereocenters. The highest BCUT2D eigenvalue weighted by molar-refractivity contribution is 5.69. The van der Waals surface area contributed by atoms with Gasteiger partial charge in [0.25, 0.3) is 0 Å². The smallest absolute Gasteiger partial charge is 0.305 e. The van der Waals surface area contributed by atoms with Crippen LogP contribution in [0.25, 0.3) is 0 Å². The van der Waals surface area contributed by atoms with Crippen molar-refractivity contribution in [2.45, 2.75) is 31.3 Å². The van der Waals surface area contributed by atoms with Crippen LogP contribution in [0.5, 0.6) is 0 Å². The van der Waals surface area contributed by atoms with Crippen molar-refractivity contribution in [3.05, 3.63) is 0 Å². The Morgan fingerprint density at radius 3 is 2.69 bits per heavy atom. The molecular weight excluding hydrogens is 208 g/mol. The second-order valence-corrected chi connectivity index (χ2v) is 5.11. The van der Waals surface area contributed by atoms with Gasteiger partial charge in [-0.1, -0.05) is 6.92 Å². The highest BCUT2D eigenvalue weighted by Gasteiger charge is 2.49. The van der Waals surface area contributed by atoms with Crippen LogP contribution in [0.15, 0.2) is 0 Å². The standard InChI is InChI=1S/C11H20N2O3/c1-8-2-3-13(9(8)5-14)11(4-10(15)16)6-12-7-11/h8-9,12,14H,2-7H2,1H3,(H,15,16). The average Bonchev–Trinajstić information content (AvgIpc) is 2.53. The van der Waals surface area contributed by atoms with Gasteiger partial charge in [-0.3, -0.25) is 9.69 Å². The Morgan fingerprint density at radius 2 is 2.25 bits per heavy atom. The third-order valence-electron chi connectivity index (χ3n) is 4.07. The molecule has 2 aliphatic heterocycles. The molecule has 2 heterocycles. The maximum Gasteiger partial charge on any atom is 0.305 e. The molecule has 5 nitrogen and oxygen atoms in total. The van der Waals surface area contributed by atoms with Crippen LogP contribution in [-0.2, 0) is 4.79 Å². The summed E-state index contributed by atoms with van der Waals surface area (Å²) in [6.07, 6.45) is 1.22. The fourth-order valence-electron chi connectivity index (χ4n) is 3.00. The van der Waals surface area contributed by atoms with Crippen LogP contribution in [0, 0.1) is 5.92 Å². The Bertz CT molecular complexity index is 278. The SMILES string of the molecule is CC1CCN(C2(CC(=O)O)CNC2)C1CO. The minimum atomic E-state index is -0.752. The molecule has 0 aromatic heterocycles. The van der Waals surface area contributed by atoms with Gasteiger partial charge in [0, 0.05) is 19.1 Å². The molecule has 0 spiro atoms. The lowest BCUT2D eigenvalue weighted by molar-refractivity contribution is -0.142. The van der Waals surface area contributed by atoms with Crippen molar-refractivity contribution in [2.24, 2.45) is 5.92 Å². The molecule has 0 amide bonds. The van der Waals surface area contributed by atoms with Crippen LogP contribution >= 0.6 is 0 Å². The highest BCUT2D eigenvalue weighted by atomic mass is 16.4. The van der Waals surface area contributed by atoms with E-state index in [0.717, 1.165) is 26.1 Å². The molecule has 0 aromatic rings. The quantitative estimate of drug-likeness (QED) is 0.605. The molecular formula is C11H20N2O3. The fourth-order valence-corrected chi connectivity index (χ4v) is 3.00. The summed E-state index contributed by atoms with van der Waals surface area (Å²) < 4.78 is 0. The minimum absolute atomic E-state index is 0.126. The van der Waals surface area contributed by atoms with E-state index in [-0.39, 0.29) is 24.6 Å². The number of rotatable bonds is 4. The summed E-state index contributed by atoms with van der Waals surface area (Å²) in [6, 6.07) is 0.126. The van der Waals surface area contributed by atoms with Crippen LogP contribution in [0.3, 0.4) is 0 Å². The summed E-state index contributed by atoms with van der Waals surface area (Å²) in [6.45, 7) is 4.61. The number of carboxylic acid groups (broad SMARTS) is 1. The number of aliphatic hydroxyl groups excluding tert-OH is 1. The van der Waals surface area contributed by atoms with Gasteiger partial charge in [-0.05, 0) is 18.9 Å². The maximum atomic E-state index is 10.9. The van der Waals surface area contributed by atoms with Gasteiger partial charge < -0.3 is 15.5 Å². The van der Waals surface area contributed by atoms with E-state index in [9.17, 15) is 9.90 Å². The van der Waals surface area contributed by atoms with Gasteiger partial charge in [0.15, 0.2) is 0 Å². The summed E-state index contributed by atoms with van der Waals surface area (Å²) in [5.74, 6) is -0.297. The predicted molar refractivity (Wildman–Crippen MR) is 59.2 cm³/mol. The minimum Gasteiger partial charge on any atom is -0.481 e. The Morgan fingerprint density at radius 1 is 1.56 bits per heavy atom. The lowest BCUT2D eigenvalue weighted by atomic mass is 9.85. The molecule has 0 radical (unpaired) electrons. The molecule has 92 valence electrons. The fraction of sp³-hybridized carbons (Fsp3) is 0.909. The molecule has 0 saturated carbocycles. The van der Waals surface area contributed by atoms with Crippen LogP contribution in [0.2, 0.25) is 0 Å². The first kappa shape index (κ1) is 11.8. The van der Waals surface area contributed by atoms with E-state index in [1.165, 1.54) is 0 Å². The third kappa shape index (κ3) is 1.83. The largest absolute Gasteiger partial charge is 0.481 e. The molecule has 2 unspecified atom stereocenters. The Hall–Kier alpha value is -0.650.